The normalized spacial score (nSPS) is 10.9. The Morgan fingerprint density at radius 3 is 2.83 bits per heavy atom. The molecule has 0 aliphatic heterocycles. The van der Waals surface area contributed by atoms with Gasteiger partial charge in [0.25, 0.3) is 5.91 Å². The first kappa shape index (κ1) is 15.8. The number of carbonyl (C=O) groups is 1. The van der Waals surface area contributed by atoms with Crippen LogP contribution in [0.3, 0.4) is 0 Å². The van der Waals surface area contributed by atoms with Crippen molar-refractivity contribution >= 4 is 34.8 Å². The summed E-state index contributed by atoms with van der Waals surface area (Å²) in [6.45, 7) is 0.542. The SMILES string of the molecule is O=C(NCCCc1nnc2ccccn12)c1ccc(Cl)c(Cl)c1. The van der Waals surface area contributed by atoms with Crippen LogP contribution in [0, 0.1) is 0 Å². The fourth-order valence-corrected chi connectivity index (χ4v) is 2.55. The second-order valence-electron chi connectivity index (χ2n) is 5.03. The summed E-state index contributed by atoms with van der Waals surface area (Å²) < 4.78 is 1.95. The number of carbonyl (C=O) groups excluding carboxylic acids is 1. The molecule has 1 N–H and O–H groups in total. The zero-order valence-corrected chi connectivity index (χ0v) is 13.7. The number of amides is 1. The van der Waals surface area contributed by atoms with Crippen molar-refractivity contribution in [3.8, 4) is 0 Å². The van der Waals surface area contributed by atoms with Crippen LogP contribution >= 0.6 is 23.2 Å². The van der Waals surface area contributed by atoms with E-state index in [0.717, 1.165) is 24.3 Å². The molecule has 0 saturated heterocycles. The molecule has 0 saturated carbocycles. The van der Waals surface area contributed by atoms with Gasteiger partial charge in [0.05, 0.1) is 10.0 Å². The molecule has 1 amide bonds. The summed E-state index contributed by atoms with van der Waals surface area (Å²) in [5, 5.41) is 11.9. The van der Waals surface area contributed by atoms with Gasteiger partial charge < -0.3 is 5.32 Å². The Hall–Kier alpha value is -2.11. The number of nitrogens with zero attached hydrogens (tertiary/aromatic N) is 3. The first-order chi connectivity index (χ1) is 11.1. The van der Waals surface area contributed by atoms with E-state index in [-0.39, 0.29) is 5.91 Å². The van der Waals surface area contributed by atoms with E-state index >= 15 is 0 Å². The molecule has 0 atom stereocenters. The topological polar surface area (TPSA) is 59.3 Å². The first-order valence-electron chi connectivity index (χ1n) is 7.17. The van der Waals surface area contributed by atoms with Gasteiger partial charge in [0.1, 0.15) is 5.82 Å². The average molecular weight is 349 g/mol. The van der Waals surface area contributed by atoms with Crippen LogP contribution in [0.4, 0.5) is 0 Å². The standard InChI is InChI=1S/C16H14Cl2N4O/c17-12-7-6-11(10-13(12)18)16(23)19-8-3-5-15-21-20-14-4-1-2-9-22(14)15/h1-2,4,6-7,9-10H,3,5,8H2,(H,19,23). The smallest absolute Gasteiger partial charge is 0.251 e. The van der Waals surface area contributed by atoms with Gasteiger partial charge in [-0.15, -0.1) is 10.2 Å². The Bertz CT molecular complexity index is 847. The summed E-state index contributed by atoms with van der Waals surface area (Å²) >= 11 is 11.8. The fourth-order valence-electron chi connectivity index (χ4n) is 2.25. The van der Waals surface area contributed by atoms with Crippen molar-refractivity contribution < 1.29 is 4.79 Å². The second kappa shape index (κ2) is 6.98. The largest absolute Gasteiger partial charge is 0.352 e. The zero-order chi connectivity index (χ0) is 16.2. The van der Waals surface area contributed by atoms with E-state index in [0.29, 0.717) is 22.2 Å². The molecule has 23 heavy (non-hydrogen) atoms. The molecule has 0 aliphatic rings. The van der Waals surface area contributed by atoms with Crippen LogP contribution in [0.2, 0.25) is 10.0 Å². The molecule has 3 rings (SSSR count). The third-order valence-corrected chi connectivity index (χ3v) is 4.17. The molecule has 0 fully saturated rings. The molecule has 5 nitrogen and oxygen atoms in total. The number of hydrogen-bond donors (Lipinski definition) is 1. The van der Waals surface area contributed by atoms with Crippen molar-refractivity contribution in [3.05, 3.63) is 64.0 Å². The van der Waals surface area contributed by atoms with Gasteiger partial charge in [-0.3, -0.25) is 9.20 Å². The summed E-state index contributed by atoms with van der Waals surface area (Å²) in [6, 6.07) is 10.6. The molecule has 3 aromatic rings. The van der Waals surface area contributed by atoms with Crippen LogP contribution < -0.4 is 5.32 Å². The molecule has 0 aliphatic carbocycles. The highest BCUT2D eigenvalue weighted by Gasteiger charge is 2.08. The maximum Gasteiger partial charge on any atom is 0.251 e. The second-order valence-corrected chi connectivity index (χ2v) is 5.85. The van der Waals surface area contributed by atoms with Crippen molar-refractivity contribution in [2.45, 2.75) is 12.8 Å². The summed E-state index contributed by atoms with van der Waals surface area (Å²) in [5.74, 6) is 0.707. The Morgan fingerprint density at radius 1 is 1.13 bits per heavy atom. The van der Waals surface area contributed by atoms with E-state index in [9.17, 15) is 4.79 Å². The number of rotatable bonds is 5. The van der Waals surface area contributed by atoms with E-state index < -0.39 is 0 Å². The first-order valence-corrected chi connectivity index (χ1v) is 7.92. The molecule has 0 spiro atoms. The van der Waals surface area contributed by atoms with Crippen molar-refractivity contribution in [2.75, 3.05) is 6.54 Å². The Labute approximate surface area is 143 Å². The predicted octanol–water partition coefficient (Wildman–Crippen LogP) is 3.40. The molecule has 0 radical (unpaired) electrons. The van der Waals surface area contributed by atoms with Gasteiger partial charge in [-0.25, -0.2) is 0 Å². The van der Waals surface area contributed by atoms with Gasteiger partial charge in [0.2, 0.25) is 0 Å². The maximum absolute atomic E-state index is 12.0. The van der Waals surface area contributed by atoms with Crippen LogP contribution in [-0.2, 0) is 6.42 Å². The minimum Gasteiger partial charge on any atom is -0.352 e. The van der Waals surface area contributed by atoms with E-state index in [2.05, 4.69) is 15.5 Å². The average Bonchev–Trinajstić information content (AvgIpc) is 2.97. The molecule has 0 unspecified atom stereocenters. The third-order valence-electron chi connectivity index (χ3n) is 3.43. The Morgan fingerprint density at radius 2 is 2.00 bits per heavy atom. The van der Waals surface area contributed by atoms with E-state index in [1.54, 1.807) is 18.2 Å². The minimum atomic E-state index is -0.172. The van der Waals surface area contributed by atoms with Crippen molar-refractivity contribution in [1.29, 1.82) is 0 Å². The van der Waals surface area contributed by atoms with Gasteiger partial charge in [0.15, 0.2) is 5.65 Å². The number of hydrogen-bond acceptors (Lipinski definition) is 3. The number of aryl methyl sites for hydroxylation is 1. The number of halogens is 2. The number of benzene rings is 1. The van der Waals surface area contributed by atoms with Crippen molar-refractivity contribution in [3.63, 3.8) is 0 Å². The molecular formula is C16H14Cl2N4O. The predicted molar refractivity (Wildman–Crippen MR) is 90.1 cm³/mol. The lowest BCUT2D eigenvalue weighted by Gasteiger charge is -2.06. The van der Waals surface area contributed by atoms with Crippen LogP contribution in [0.1, 0.15) is 22.6 Å². The highest BCUT2D eigenvalue weighted by Crippen LogP contribution is 2.22. The van der Waals surface area contributed by atoms with Crippen molar-refractivity contribution in [1.82, 2.24) is 19.9 Å². The van der Waals surface area contributed by atoms with Gasteiger partial charge in [-0.05, 0) is 36.8 Å². The number of nitrogens with one attached hydrogen (secondary N) is 1. The van der Waals surface area contributed by atoms with Gasteiger partial charge in [-0.2, -0.15) is 0 Å². The number of pyridine rings is 1. The number of fused-ring (bicyclic) bond motifs is 1. The van der Waals surface area contributed by atoms with Crippen LogP contribution in [0.5, 0.6) is 0 Å². The van der Waals surface area contributed by atoms with Crippen LogP contribution in [0.25, 0.3) is 5.65 Å². The van der Waals surface area contributed by atoms with E-state index in [4.69, 9.17) is 23.2 Å². The minimum absolute atomic E-state index is 0.172. The fraction of sp³-hybridized carbons (Fsp3) is 0.188. The quantitative estimate of drug-likeness (QED) is 0.719. The van der Waals surface area contributed by atoms with Crippen LogP contribution in [-0.4, -0.2) is 27.0 Å². The maximum atomic E-state index is 12.0. The van der Waals surface area contributed by atoms with E-state index in [1.165, 1.54) is 0 Å². The number of aromatic nitrogens is 3. The highest BCUT2D eigenvalue weighted by atomic mass is 35.5. The molecule has 2 heterocycles. The summed E-state index contributed by atoms with van der Waals surface area (Å²) in [7, 11) is 0. The zero-order valence-electron chi connectivity index (χ0n) is 12.2. The molecular weight excluding hydrogens is 335 g/mol. The molecule has 7 heteroatoms. The van der Waals surface area contributed by atoms with Crippen molar-refractivity contribution in [2.24, 2.45) is 0 Å². The summed E-state index contributed by atoms with van der Waals surface area (Å²) in [5.41, 5.74) is 1.31. The van der Waals surface area contributed by atoms with Gasteiger partial charge in [0, 0.05) is 24.7 Å². The summed E-state index contributed by atoms with van der Waals surface area (Å²) in [4.78, 5) is 12.0. The monoisotopic (exact) mass is 348 g/mol. The Kier molecular flexibility index (Phi) is 4.79. The lowest BCUT2D eigenvalue weighted by atomic mass is 10.2. The molecule has 2 aromatic heterocycles. The Balaban J connectivity index is 1.53. The third kappa shape index (κ3) is 3.63. The molecule has 0 bridgehead atoms. The van der Waals surface area contributed by atoms with Crippen LogP contribution in [0.15, 0.2) is 42.6 Å². The van der Waals surface area contributed by atoms with Gasteiger partial charge >= 0.3 is 0 Å². The molecule has 1 aromatic carbocycles. The summed E-state index contributed by atoms with van der Waals surface area (Å²) in [6.07, 6.45) is 3.43. The molecule has 118 valence electrons. The van der Waals surface area contributed by atoms with E-state index in [1.807, 2.05) is 28.8 Å². The van der Waals surface area contributed by atoms with Gasteiger partial charge in [-0.1, -0.05) is 29.3 Å². The highest BCUT2D eigenvalue weighted by molar-refractivity contribution is 6.42. The lowest BCUT2D eigenvalue weighted by Crippen LogP contribution is -2.24. The lowest BCUT2D eigenvalue weighted by molar-refractivity contribution is 0.0953.